The molecule has 0 unspecified atom stereocenters. The van der Waals surface area contributed by atoms with Crippen LogP contribution in [0.5, 0.6) is 0 Å². The van der Waals surface area contributed by atoms with Crippen LogP contribution < -0.4 is 5.32 Å². The lowest BCUT2D eigenvalue weighted by Gasteiger charge is -2.13. The Morgan fingerprint density at radius 3 is 2.30 bits per heavy atom. The van der Waals surface area contributed by atoms with Crippen molar-refractivity contribution in [3.05, 3.63) is 52.8 Å². The normalized spacial score (nSPS) is 13.2. The van der Waals surface area contributed by atoms with E-state index in [1.165, 1.54) is 4.90 Å². The van der Waals surface area contributed by atoms with Gasteiger partial charge in [0.15, 0.2) is 0 Å². The van der Waals surface area contributed by atoms with Gasteiger partial charge in [-0.1, -0.05) is 12.1 Å². The fraction of sp³-hybridized carbons (Fsp3) is 0.400. The molecule has 3 amide bonds. The maximum absolute atomic E-state index is 12.3. The first-order chi connectivity index (χ1) is 13.0. The van der Waals surface area contributed by atoms with Crippen LogP contribution in [0.2, 0.25) is 0 Å². The van der Waals surface area contributed by atoms with E-state index in [0.29, 0.717) is 24.1 Å². The molecule has 7 nitrogen and oxygen atoms in total. The summed E-state index contributed by atoms with van der Waals surface area (Å²) in [6.45, 7) is 5.56. The van der Waals surface area contributed by atoms with Crippen molar-refractivity contribution < 1.29 is 14.4 Å². The first-order valence-electron chi connectivity index (χ1n) is 9.20. The third-order valence-corrected chi connectivity index (χ3v) is 4.64. The van der Waals surface area contributed by atoms with E-state index in [-0.39, 0.29) is 30.7 Å². The van der Waals surface area contributed by atoms with E-state index in [2.05, 4.69) is 10.4 Å². The van der Waals surface area contributed by atoms with Crippen molar-refractivity contribution in [2.75, 3.05) is 13.1 Å². The lowest BCUT2D eigenvalue weighted by atomic mass is 10.1. The summed E-state index contributed by atoms with van der Waals surface area (Å²) < 4.78 is 1.93. The van der Waals surface area contributed by atoms with Gasteiger partial charge in [0.25, 0.3) is 11.8 Å². The molecule has 142 valence electrons. The number of imide groups is 1. The molecule has 0 atom stereocenters. The number of amides is 3. The molecular formula is C20H24N4O3. The highest BCUT2D eigenvalue weighted by Crippen LogP contribution is 2.22. The molecule has 1 aliphatic rings. The van der Waals surface area contributed by atoms with Gasteiger partial charge < -0.3 is 5.32 Å². The van der Waals surface area contributed by atoms with Crippen molar-refractivity contribution in [2.24, 2.45) is 0 Å². The Balaban J connectivity index is 1.36. The van der Waals surface area contributed by atoms with Crippen LogP contribution in [0.4, 0.5) is 0 Å². The quantitative estimate of drug-likeness (QED) is 0.571. The summed E-state index contributed by atoms with van der Waals surface area (Å²) in [5.74, 6) is -0.623. The van der Waals surface area contributed by atoms with E-state index in [1.807, 2.05) is 24.6 Å². The first kappa shape index (κ1) is 18.8. The molecule has 1 N–H and O–H groups in total. The molecule has 0 fully saturated rings. The highest BCUT2D eigenvalue weighted by molar-refractivity contribution is 6.21. The Hall–Kier alpha value is -2.96. The predicted octanol–water partition coefficient (Wildman–Crippen LogP) is 2.08. The molecule has 27 heavy (non-hydrogen) atoms. The molecule has 0 saturated heterocycles. The van der Waals surface area contributed by atoms with Gasteiger partial charge in [-0.15, -0.1) is 0 Å². The number of benzene rings is 1. The Labute approximate surface area is 158 Å². The number of nitrogens with one attached hydrogen (secondary N) is 1. The summed E-state index contributed by atoms with van der Waals surface area (Å²) in [6, 6.07) is 8.83. The van der Waals surface area contributed by atoms with Crippen LogP contribution in [0.3, 0.4) is 0 Å². The van der Waals surface area contributed by atoms with E-state index >= 15 is 0 Å². The number of carbonyl (C=O) groups is 3. The number of nitrogens with zero attached hydrogens (tertiary/aromatic N) is 3. The van der Waals surface area contributed by atoms with E-state index in [1.54, 1.807) is 24.3 Å². The fourth-order valence-corrected chi connectivity index (χ4v) is 3.29. The molecule has 1 aliphatic heterocycles. The summed E-state index contributed by atoms with van der Waals surface area (Å²) in [7, 11) is 0. The van der Waals surface area contributed by atoms with Gasteiger partial charge >= 0.3 is 0 Å². The Morgan fingerprint density at radius 1 is 1.04 bits per heavy atom. The molecular weight excluding hydrogens is 344 g/mol. The number of fused-ring (bicyclic) bond motifs is 1. The number of carbonyl (C=O) groups excluding carboxylic acids is 3. The van der Waals surface area contributed by atoms with E-state index in [9.17, 15) is 14.4 Å². The summed E-state index contributed by atoms with van der Waals surface area (Å²) in [6.07, 6.45) is 1.54. The second-order valence-corrected chi connectivity index (χ2v) is 6.76. The van der Waals surface area contributed by atoms with Crippen LogP contribution in [0.25, 0.3) is 0 Å². The highest BCUT2D eigenvalue weighted by atomic mass is 16.2. The molecule has 3 rings (SSSR count). The average molecular weight is 368 g/mol. The summed E-state index contributed by atoms with van der Waals surface area (Å²) in [4.78, 5) is 37.7. The second-order valence-electron chi connectivity index (χ2n) is 6.76. The summed E-state index contributed by atoms with van der Waals surface area (Å²) in [5.41, 5.74) is 2.98. The van der Waals surface area contributed by atoms with Crippen molar-refractivity contribution >= 4 is 17.7 Å². The van der Waals surface area contributed by atoms with Gasteiger partial charge in [0.05, 0.1) is 16.8 Å². The molecule has 2 heterocycles. The van der Waals surface area contributed by atoms with Gasteiger partial charge in [-0.2, -0.15) is 5.10 Å². The van der Waals surface area contributed by atoms with Crippen LogP contribution in [0.15, 0.2) is 30.3 Å². The summed E-state index contributed by atoms with van der Waals surface area (Å²) in [5, 5.41) is 7.26. The SMILES string of the molecule is Cc1cc(C)n(CCCNC(=O)CCCN2C(=O)c3ccccc3C2=O)n1. The molecule has 1 aromatic heterocycles. The fourth-order valence-electron chi connectivity index (χ4n) is 3.29. The van der Waals surface area contributed by atoms with Crippen LogP contribution in [-0.4, -0.2) is 45.5 Å². The van der Waals surface area contributed by atoms with Gasteiger partial charge in [-0.25, -0.2) is 0 Å². The van der Waals surface area contributed by atoms with Gasteiger partial charge in [-0.05, 0) is 44.9 Å². The molecule has 0 radical (unpaired) electrons. The van der Waals surface area contributed by atoms with Crippen molar-refractivity contribution in [1.82, 2.24) is 20.0 Å². The Bertz CT molecular complexity index is 837. The number of aryl methyl sites for hydroxylation is 3. The average Bonchev–Trinajstić information content (AvgIpc) is 3.09. The van der Waals surface area contributed by atoms with Gasteiger partial charge in [0.2, 0.25) is 5.91 Å². The molecule has 0 spiro atoms. The third kappa shape index (κ3) is 4.24. The lowest BCUT2D eigenvalue weighted by molar-refractivity contribution is -0.121. The van der Waals surface area contributed by atoms with Crippen LogP contribution in [0.1, 0.15) is 51.4 Å². The van der Waals surface area contributed by atoms with E-state index in [4.69, 9.17) is 0 Å². The minimum Gasteiger partial charge on any atom is -0.356 e. The number of aromatic nitrogens is 2. The smallest absolute Gasteiger partial charge is 0.261 e. The summed E-state index contributed by atoms with van der Waals surface area (Å²) >= 11 is 0. The zero-order valence-corrected chi connectivity index (χ0v) is 15.7. The minimum atomic E-state index is -0.277. The second kappa shape index (κ2) is 8.16. The van der Waals surface area contributed by atoms with Crippen molar-refractivity contribution in [3.63, 3.8) is 0 Å². The zero-order chi connectivity index (χ0) is 19.4. The van der Waals surface area contributed by atoms with Crippen molar-refractivity contribution in [3.8, 4) is 0 Å². The molecule has 0 bridgehead atoms. The number of hydrogen-bond acceptors (Lipinski definition) is 4. The maximum atomic E-state index is 12.3. The number of hydrogen-bond donors (Lipinski definition) is 1. The van der Waals surface area contributed by atoms with Gasteiger partial charge in [0.1, 0.15) is 0 Å². The minimum absolute atomic E-state index is 0.0695. The Kier molecular flexibility index (Phi) is 5.69. The van der Waals surface area contributed by atoms with Crippen LogP contribution in [-0.2, 0) is 11.3 Å². The largest absolute Gasteiger partial charge is 0.356 e. The number of rotatable bonds is 8. The molecule has 7 heteroatoms. The Morgan fingerprint density at radius 2 is 1.70 bits per heavy atom. The molecule has 2 aromatic rings. The van der Waals surface area contributed by atoms with Crippen LogP contribution in [0, 0.1) is 13.8 Å². The van der Waals surface area contributed by atoms with Crippen molar-refractivity contribution in [2.45, 2.75) is 39.7 Å². The van der Waals surface area contributed by atoms with Gasteiger partial charge in [-0.3, -0.25) is 24.0 Å². The molecule has 1 aromatic carbocycles. The first-order valence-corrected chi connectivity index (χ1v) is 9.20. The zero-order valence-electron chi connectivity index (χ0n) is 15.7. The van der Waals surface area contributed by atoms with Crippen LogP contribution >= 0.6 is 0 Å². The van der Waals surface area contributed by atoms with Gasteiger partial charge in [0, 0.05) is 31.7 Å². The van der Waals surface area contributed by atoms with Crippen molar-refractivity contribution in [1.29, 1.82) is 0 Å². The maximum Gasteiger partial charge on any atom is 0.261 e. The predicted molar refractivity (Wildman–Crippen MR) is 100 cm³/mol. The monoisotopic (exact) mass is 368 g/mol. The van der Waals surface area contributed by atoms with E-state index in [0.717, 1.165) is 24.4 Å². The highest BCUT2D eigenvalue weighted by Gasteiger charge is 2.34. The lowest BCUT2D eigenvalue weighted by Crippen LogP contribution is -2.32. The standard InChI is InChI=1S/C20H24N4O3/c1-14-13-15(2)24(22-14)12-6-10-21-18(25)9-5-11-23-19(26)16-7-3-4-8-17(16)20(23)27/h3-4,7-8,13H,5-6,9-12H2,1-2H3,(H,21,25). The topological polar surface area (TPSA) is 84.3 Å². The molecule has 0 aliphatic carbocycles. The van der Waals surface area contributed by atoms with E-state index < -0.39 is 0 Å². The molecule has 0 saturated carbocycles. The third-order valence-electron chi connectivity index (χ3n) is 4.64.